The van der Waals surface area contributed by atoms with Crippen molar-refractivity contribution in [1.82, 2.24) is 4.90 Å². The summed E-state index contributed by atoms with van der Waals surface area (Å²) in [7, 11) is 0. The number of benzene rings is 1. The predicted molar refractivity (Wildman–Crippen MR) is 82.9 cm³/mol. The molecule has 0 bridgehead atoms. The Balaban J connectivity index is 1.76. The van der Waals surface area contributed by atoms with E-state index in [0.29, 0.717) is 24.3 Å². The molecule has 1 aromatic rings. The van der Waals surface area contributed by atoms with Crippen molar-refractivity contribution in [3.05, 3.63) is 35.4 Å². The van der Waals surface area contributed by atoms with Gasteiger partial charge in [0.15, 0.2) is 0 Å². The van der Waals surface area contributed by atoms with Crippen LogP contribution in [0.4, 0.5) is 0 Å². The molecule has 112 valence electrons. The molecular formula is C18H24N2O. The Bertz CT molecular complexity index is 548. The van der Waals surface area contributed by atoms with Gasteiger partial charge in [-0.3, -0.25) is 4.79 Å². The predicted octanol–water partition coefficient (Wildman–Crippen LogP) is 3.11. The first-order chi connectivity index (χ1) is 10.3. The van der Waals surface area contributed by atoms with E-state index in [9.17, 15) is 4.79 Å². The Morgan fingerprint density at radius 3 is 2.38 bits per heavy atom. The largest absolute Gasteiger partial charge is 0.331 e. The van der Waals surface area contributed by atoms with Crippen LogP contribution in [0.1, 0.15) is 68.0 Å². The fourth-order valence-electron chi connectivity index (χ4n) is 3.85. The van der Waals surface area contributed by atoms with Gasteiger partial charge in [-0.15, -0.1) is 0 Å². The van der Waals surface area contributed by atoms with Crippen LogP contribution >= 0.6 is 0 Å². The zero-order valence-corrected chi connectivity index (χ0v) is 12.5. The average Bonchev–Trinajstić information content (AvgIpc) is 3.36. The third-order valence-corrected chi connectivity index (χ3v) is 5.19. The van der Waals surface area contributed by atoms with E-state index in [0.717, 1.165) is 25.7 Å². The lowest BCUT2D eigenvalue weighted by molar-refractivity contribution is -0.133. The van der Waals surface area contributed by atoms with Crippen LogP contribution in [0.2, 0.25) is 0 Å². The molecule has 2 unspecified atom stereocenters. The molecule has 1 saturated heterocycles. The van der Waals surface area contributed by atoms with E-state index < -0.39 is 0 Å². The number of amides is 1. The minimum atomic E-state index is 0.0805. The number of rotatable bonds is 3. The van der Waals surface area contributed by atoms with E-state index >= 15 is 0 Å². The second-order valence-electron chi connectivity index (χ2n) is 6.94. The summed E-state index contributed by atoms with van der Waals surface area (Å²) in [5, 5.41) is 0. The first-order valence-electron chi connectivity index (χ1n) is 8.41. The van der Waals surface area contributed by atoms with Crippen LogP contribution < -0.4 is 5.73 Å². The highest BCUT2D eigenvalue weighted by Crippen LogP contribution is 2.46. The SMILES string of the molecule is NC1CCCC(=O)N(C2CC2)C1c1ccccc1C1CC1. The zero-order chi connectivity index (χ0) is 14.4. The second kappa shape index (κ2) is 5.13. The van der Waals surface area contributed by atoms with Gasteiger partial charge in [0.05, 0.1) is 6.04 Å². The molecule has 0 radical (unpaired) electrons. The maximum Gasteiger partial charge on any atom is 0.223 e. The van der Waals surface area contributed by atoms with Gasteiger partial charge < -0.3 is 10.6 Å². The van der Waals surface area contributed by atoms with Crippen LogP contribution in [-0.2, 0) is 4.79 Å². The highest BCUT2D eigenvalue weighted by Gasteiger charge is 2.43. The number of carbonyl (C=O) groups is 1. The lowest BCUT2D eigenvalue weighted by atomic mass is 9.90. The summed E-state index contributed by atoms with van der Waals surface area (Å²) in [5.74, 6) is 1.02. The molecule has 1 aromatic carbocycles. The van der Waals surface area contributed by atoms with Crippen LogP contribution in [0.5, 0.6) is 0 Å². The van der Waals surface area contributed by atoms with E-state index in [4.69, 9.17) is 5.73 Å². The maximum absolute atomic E-state index is 12.6. The van der Waals surface area contributed by atoms with E-state index in [1.807, 2.05) is 0 Å². The molecule has 4 rings (SSSR count). The standard InChI is InChI=1S/C18H24N2O/c19-16-6-3-7-17(21)20(13-10-11-13)18(16)15-5-2-1-4-14(15)12-8-9-12/h1-2,4-5,12-13,16,18H,3,6-11,19H2. The summed E-state index contributed by atoms with van der Waals surface area (Å²) in [6.45, 7) is 0. The Labute approximate surface area is 126 Å². The Hall–Kier alpha value is -1.35. The molecule has 2 aliphatic carbocycles. The third-order valence-electron chi connectivity index (χ3n) is 5.19. The number of likely N-dealkylation sites (tertiary alicyclic amines) is 1. The smallest absolute Gasteiger partial charge is 0.223 e. The second-order valence-corrected chi connectivity index (χ2v) is 6.94. The highest BCUT2D eigenvalue weighted by molar-refractivity contribution is 5.78. The van der Waals surface area contributed by atoms with Gasteiger partial charge >= 0.3 is 0 Å². The van der Waals surface area contributed by atoms with Crippen molar-refractivity contribution in [2.24, 2.45) is 5.73 Å². The minimum absolute atomic E-state index is 0.0805. The molecule has 3 nitrogen and oxygen atoms in total. The fraction of sp³-hybridized carbons (Fsp3) is 0.611. The number of carbonyl (C=O) groups excluding carboxylic acids is 1. The lowest BCUT2D eigenvalue weighted by Gasteiger charge is -2.35. The van der Waals surface area contributed by atoms with Crippen molar-refractivity contribution in [2.45, 2.75) is 69.0 Å². The number of hydrogen-bond acceptors (Lipinski definition) is 2. The first kappa shape index (κ1) is 13.3. The molecule has 0 spiro atoms. The highest BCUT2D eigenvalue weighted by atomic mass is 16.2. The van der Waals surface area contributed by atoms with Crippen molar-refractivity contribution < 1.29 is 4.79 Å². The molecule has 3 heteroatoms. The molecule has 1 amide bonds. The number of hydrogen-bond donors (Lipinski definition) is 1. The Morgan fingerprint density at radius 1 is 1.00 bits per heavy atom. The van der Waals surface area contributed by atoms with E-state index in [1.165, 1.54) is 24.0 Å². The van der Waals surface area contributed by atoms with Gasteiger partial charge in [-0.2, -0.15) is 0 Å². The van der Waals surface area contributed by atoms with E-state index in [-0.39, 0.29) is 12.1 Å². The van der Waals surface area contributed by atoms with Crippen molar-refractivity contribution in [3.63, 3.8) is 0 Å². The van der Waals surface area contributed by atoms with Crippen LogP contribution in [0.3, 0.4) is 0 Å². The van der Waals surface area contributed by atoms with Gasteiger partial charge in [0, 0.05) is 18.5 Å². The molecule has 1 heterocycles. The van der Waals surface area contributed by atoms with E-state index in [1.54, 1.807) is 0 Å². The fourth-order valence-corrected chi connectivity index (χ4v) is 3.85. The Kier molecular flexibility index (Phi) is 3.26. The summed E-state index contributed by atoms with van der Waals surface area (Å²) in [6.07, 6.45) is 7.45. The molecule has 2 atom stereocenters. The molecule has 3 aliphatic rings. The van der Waals surface area contributed by atoms with Crippen LogP contribution in [0.25, 0.3) is 0 Å². The molecule has 2 N–H and O–H groups in total. The normalized spacial score (nSPS) is 30.3. The van der Waals surface area contributed by atoms with Crippen LogP contribution in [0, 0.1) is 0 Å². The summed E-state index contributed by atoms with van der Waals surface area (Å²) in [4.78, 5) is 14.7. The summed E-state index contributed by atoms with van der Waals surface area (Å²) >= 11 is 0. The van der Waals surface area contributed by atoms with Gasteiger partial charge in [-0.05, 0) is 55.6 Å². The quantitative estimate of drug-likeness (QED) is 0.927. The average molecular weight is 284 g/mol. The van der Waals surface area contributed by atoms with E-state index in [2.05, 4.69) is 29.2 Å². The van der Waals surface area contributed by atoms with Crippen molar-refractivity contribution in [2.75, 3.05) is 0 Å². The molecule has 2 saturated carbocycles. The van der Waals surface area contributed by atoms with Gasteiger partial charge in [0.25, 0.3) is 0 Å². The van der Waals surface area contributed by atoms with Gasteiger partial charge in [-0.25, -0.2) is 0 Å². The monoisotopic (exact) mass is 284 g/mol. The molecule has 21 heavy (non-hydrogen) atoms. The van der Waals surface area contributed by atoms with Crippen molar-refractivity contribution >= 4 is 5.91 Å². The van der Waals surface area contributed by atoms with Crippen molar-refractivity contribution in [3.8, 4) is 0 Å². The van der Waals surface area contributed by atoms with Gasteiger partial charge in [0.1, 0.15) is 0 Å². The zero-order valence-electron chi connectivity index (χ0n) is 12.5. The van der Waals surface area contributed by atoms with Crippen molar-refractivity contribution in [1.29, 1.82) is 0 Å². The summed E-state index contributed by atoms with van der Waals surface area (Å²) in [5.41, 5.74) is 9.30. The third kappa shape index (κ3) is 2.48. The van der Waals surface area contributed by atoms with Gasteiger partial charge in [0.2, 0.25) is 5.91 Å². The number of nitrogens with two attached hydrogens (primary N) is 1. The summed E-state index contributed by atoms with van der Waals surface area (Å²) < 4.78 is 0. The molecule has 1 aliphatic heterocycles. The first-order valence-corrected chi connectivity index (χ1v) is 8.41. The minimum Gasteiger partial charge on any atom is -0.331 e. The number of nitrogens with zero attached hydrogens (tertiary/aromatic N) is 1. The topological polar surface area (TPSA) is 46.3 Å². The molecule has 0 aromatic heterocycles. The van der Waals surface area contributed by atoms with Crippen LogP contribution in [0.15, 0.2) is 24.3 Å². The maximum atomic E-state index is 12.6. The molecule has 3 fully saturated rings. The lowest BCUT2D eigenvalue weighted by Crippen LogP contribution is -2.43. The molecular weight excluding hydrogens is 260 g/mol. The Morgan fingerprint density at radius 2 is 1.71 bits per heavy atom. The van der Waals surface area contributed by atoms with Crippen LogP contribution in [-0.4, -0.2) is 22.9 Å². The summed E-state index contributed by atoms with van der Waals surface area (Å²) in [6, 6.07) is 9.32. The van der Waals surface area contributed by atoms with Gasteiger partial charge in [-0.1, -0.05) is 24.3 Å².